The Balaban J connectivity index is 1.83. The van der Waals surface area contributed by atoms with Gasteiger partial charge in [-0.3, -0.25) is 0 Å². The van der Waals surface area contributed by atoms with Crippen LogP contribution in [-0.2, 0) is 9.47 Å². The lowest BCUT2D eigenvalue weighted by Crippen LogP contribution is -2.36. The molecule has 0 amide bonds. The second kappa shape index (κ2) is 8.04. The minimum Gasteiger partial charge on any atom is -0.378 e. The van der Waals surface area contributed by atoms with E-state index in [1.165, 1.54) is 0 Å². The van der Waals surface area contributed by atoms with Crippen LogP contribution in [-0.4, -0.2) is 59.9 Å². The first kappa shape index (κ1) is 17.4. The van der Waals surface area contributed by atoms with Gasteiger partial charge >= 0.3 is 0 Å². The number of rotatable bonds is 6. The Bertz CT molecular complexity index is 451. The molecule has 0 aliphatic carbocycles. The Labute approximate surface area is 138 Å². The summed E-state index contributed by atoms with van der Waals surface area (Å²) in [5.74, 6) is 3.11. The van der Waals surface area contributed by atoms with E-state index in [1.807, 2.05) is 24.2 Å². The maximum Gasteiger partial charge on any atom is 0.145 e. The molecule has 22 heavy (non-hydrogen) atoms. The predicted molar refractivity (Wildman–Crippen MR) is 92.6 cm³/mol. The van der Waals surface area contributed by atoms with E-state index in [2.05, 4.69) is 37.2 Å². The average molecular weight is 325 g/mol. The van der Waals surface area contributed by atoms with Crippen LogP contribution in [0.15, 0.2) is 29.7 Å². The van der Waals surface area contributed by atoms with Gasteiger partial charge in [-0.25, -0.2) is 4.99 Å². The Morgan fingerprint density at radius 2 is 2.36 bits per heavy atom. The molecule has 2 aliphatic heterocycles. The normalized spacial score (nSPS) is 25.0. The summed E-state index contributed by atoms with van der Waals surface area (Å²) >= 11 is 1.79. The first-order valence-corrected chi connectivity index (χ1v) is 8.86. The molecule has 124 valence electrons. The predicted octanol–water partition coefficient (Wildman–Crippen LogP) is 2.73. The molecule has 2 aliphatic rings. The Hall–Kier alpha value is -0.980. The van der Waals surface area contributed by atoms with Crippen molar-refractivity contribution in [3.63, 3.8) is 0 Å². The largest absolute Gasteiger partial charge is 0.378 e. The number of aliphatic imine (C=N–C) groups is 1. The molecule has 0 spiro atoms. The molecule has 6 heteroatoms. The van der Waals surface area contributed by atoms with E-state index >= 15 is 0 Å². The van der Waals surface area contributed by atoms with Gasteiger partial charge in [0.15, 0.2) is 0 Å². The van der Waals surface area contributed by atoms with Crippen LogP contribution in [0.2, 0.25) is 0 Å². The van der Waals surface area contributed by atoms with Crippen LogP contribution >= 0.6 is 11.8 Å². The number of nitrogens with zero attached hydrogens (tertiary/aromatic N) is 3. The molecule has 2 atom stereocenters. The van der Waals surface area contributed by atoms with Gasteiger partial charge in [0, 0.05) is 32.2 Å². The molecule has 0 aromatic carbocycles. The van der Waals surface area contributed by atoms with Crippen LogP contribution < -0.4 is 0 Å². The summed E-state index contributed by atoms with van der Waals surface area (Å²) in [5.41, 5.74) is 0.0913. The molecular weight excluding hydrogens is 298 g/mol. The number of amidine groups is 1. The van der Waals surface area contributed by atoms with Crippen molar-refractivity contribution in [2.75, 3.05) is 32.6 Å². The monoisotopic (exact) mass is 325 g/mol. The summed E-state index contributed by atoms with van der Waals surface area (Å²) < 4.78 is 11.7. The molecule has 0 aromatic rings. The Kier molecular flexibility index (Phi) is 6.35. The van der Waals surface area contributed by atoms with E-state index in [-0.39, 0.29) is 11.7 Å². The zero-order valence-electron chi connectivity index (χ0n) is 14.0. The number of hydrogen-bond acceptors (Lipinski definition) is 6. The van der Waals surface area contributed by atoms with Crippen LogP contribution in [0.25, 0.3) is 0 Å². The molecule has 1 saturated heterocycles. The summed E-state index contributed by atoms with van der Waals surface area (Å²) in [7, 11) is 2.02. The van der Waals surface area contributed by atoms with Gasteiger partial charge in [-0.15, -0.1) is 11.8 Å². The van der Waals surface area contributed by atoms with Crippen molar-refractivity contribution in [2.24, 2.45) is 10.9 Å². The van der Waals surface area contributed by atoms with Crippen LogP contribution in [0.3, 0.4) is 0 Å². The maximum absolute atomic E-state index is 6.04. The lowest BCUT2D eigenvalue weighted by molar-refractivity contribution is -0.0416. The highest BCUT2D eigenvalue weighted by Gasteiger charge is 2.31. The fourth-order valence-electron chi connectivity index (χ4n) is 2.17. The van der Waals surface area contributed by atoms with Crippen molar-refractivity contribution >= 4 is 17.6 Å². The highest BCUT2D eigenvalue weighted by atomic mass is 32.2. The minimum absolute atomic E-state index is 0.0152. The molecule has 0 saturated carbocycles. The van der Waals surface area contributed by atoms with E-state index < -0.39 is 0 Å². The van der Waals surface area contributed by atoms with E-state index in [4.69, 9.17) is 9.47 Å². The van der Waals surface area contributed by atoms with Crippen molar-refractivity contribution in [3.8, 4) is 0 Å². The standard InChI is InChI=1S/C16H27N3O2S/c1-6-18(5)14-7-8-19(13(4)17-14)15-11-22-16(21-15)10-20-9-12(2)3/h7-8,12,15-16H,4,6,9-11H2,1-3,5H3/t15-,16+/m1/s1. The Morgan fingerprint density at radius 3 is 3.00 bits per heavy atom. The molecule has 0 unspecified atom stereocenters. The van der Waals surface area contributed by atoms with Gasteiger partial charge in [-0.05, 0) is 18.9 Å². The van der Waals surface area contributed by atoms with Crippen LogP contribution in [0.4, 0.5) is 0 Å². The average Bonchev–Trinajstić information content (AvgIpc) is 2.94. The molecule has 0 aromatic heterocycles. The van der Waals surface area contributed by atoms with Crippen LogP contribution in [0.5, 0.6) is 0 Å². The fraction of sp³-hybridized carbons (Fsp3) is 0.688. The molecule has 2 rings (SSSR count). The minimum atomic E-state index is -0.0152. The Morgan fingerprint density at radius 1 is 1.59 bits per heavy atom. The topological polar surface area (TPSA) is 37.3 Å². The second-order valence-electron chi connectivity index (χ2n) is 5.91. The van der Waals surface area contributed by atoms with Crippen molar-refractivity contribution < 1.29 is 9.47 Å². The van der Waals surface area contributed by atoms with Crippen molar-refractivity contribution in [3.05, 3.63) is 24.7 Å². The lowest BCUT2D eigenvalue weighted by atomic mass is 10.2. The first-order chi connectivity index (χ1) is 10.5. The molecular formula is C16H27N3O2S. The SMILES string of the molecule is C=C1N=C(N(C)CC)C=CN1[C@H]1CS[C@@H](COCC(C)C)O1. The summed E-state index contributed by atoms with van der Waals surface area (Å²) in [5, 5.41) is 0. The molecule has 0 bridgehead atoms. The van der Waals surface area contributed by atoms with Gasteiger partial charge in [0.05, 0.1) is 6.61 Å². The molecule has 2 heterocycles. The van der Waals surface area contributed by atoms with E-state index in [0.717, 1.165) is 30.6 Å². The van der Waals surface area contributed by atoms with Gasteiger partial charge in [0.1, 0.15) is 23.3 Å². The molecule has 1 fully saturated rings. The number of thioether (sulfide) groups is 1. The third-order valence-corrected chi connectivity index (χ3v) is 4.64. The van der Waals surface area contributed by atoms with Gasteiger partial charge in [-0.1, -0.05) is 20.4 Å². The molecule has 0 N–H and O–H groups in total. The lowest BCUT2D eigenvalue weighted by Gasteiger charge is -2.30. The smallest absolute Gasteiger partial charge is 0.145 e. The summed E-state index contributed by atoms with van der Waals surface area (Å²) in [4.78, 5) is 8.65. The third kappa shape index (κ3) is 4.51. The zero-order chi connectivity index (χ0) is 16.1. The molecule has 5 nitrogen and oxygen atoms in total. The summed E-state index contributed by atoms with van der Waals surface area (Å²) in [6.07, 6.45) is 4.01. The van der Waals surface area contributed by atoms with E-state index in [1.54, 1.807) is 11.8 Å². The quantitative estimate of drug-likeness (QED) is 0.750. The van der Waals surface area contributed by atoms with Crippen molar-refractivity contribution in [2.45, 2.75) is 32.4 Å². The van der Waals surface area contributed by atoms with E-state index in [0.29, 0.717) is 12.5 Å². The van der Waals surface area contributed by atoms with Crippen LogP contribution in [0, 0.1) is 5.92 Å². The van der Waals surface area contributed by atoms with Crippen molar-refractivity contribution in [1.29, 1.82) is 0 Å². The van der Waals surface area contributed by atoms with Gasteiger partial charge in [0.2, 0.25) is 0 Å². The fourth-order valence-corrected chi connectivity index (χ4v) is 3.19. The molecule has 0 radical (unpaired) electrons. The number of hydrogen-bond donors (Lipinski definition) is 0. The first-order valence-electron chi connectivity index (χ1n) is 7.81. The number of ether oxygens (including phenoxy) is 2. The zero-order valence-corrected chi connectivity index (χ0v) is 14.8. The van der Waals surface area contributed by atoms with Gasteiger partial charge in [0.25, 0.3) is 0 Å². The van der Waals surface area contributed by atoms with Crippen LogP contribution in [0.1, 0.15) is 20.8 Å². The van der Waals surface area contributed by atoms with Gasteiger partial charge < -0.3 is 19.3 Å². The maximum atomic E-state index is 6.04. The van der Waals surface area contributed by atoms with Gasteiger partial charge in [-0.2, -0.15) is 0 Å². The third-order valence-electron chi connectivity index (χ3n) is 3.54. The van der Waals surface area contributed by atoms with Crippen molar-refractivity contribution in [1.82, 2.24) is 9.80 Å². The highest BCUT2D eigenvalue weighted by Crippen LogP contribution is 2.30. The number of likely N-dealkylation sites (N-methyl/N-ethyl adjacent to an activating group) is 1. The highest BCUT2D eigenvalue weighted by molar-refractivity contribution is 8.00. The van der Waals surface area contributed by atoms with E-state index in [9.17, 15) is 0 Å². The summed E-state index contributed by atoms with van der Waals surface area (Å²) in [6, 6.07) is 0. The summed E-state index contributed by atoms with van der Waals surface area (Å²) in [6.45, 7) is 12.8. The second-order valence-corrected chi connectivity index (χ2v) is 7.10.